The van der Waals surface area contributed by atoms with Crippen molar-refractivity contribution < 1.29 is 14.0 Å². The third-order valence-electron chi connectivity index (χ3n) is 7.87. The highest BCUT2D eigenvalue weighted by atomic mass is 35.5. The van der Waals surface area contributed by atoms with Crippen LogP contribution in [0.5, 0.6) is 0 Å². The quantitative estimate of drug-likeness (QED) is 0.371. The van der Waals surface area contributed by atoms with Gasteiger partial charge in [-0.3, -0.25) is 9.59 Å². The van der Waals surface area contributed by atoms with Crippen LogP contribution in [0.25, 0.3) is 16.9 Å². The average Bonchev–Trinajstić information content (AvgIpc) is 3.56. The summed E-state index contributed by atoms with van der Waals surface area (Å²) in [5.41, 5.74) is 3.17. The first-order valence-corrected chi connectivity index (χ1v) is 13.6. The summed E-state index contributed by atoms with van der Waals surface area (Å²) in [5.74, 6) is 0.440. The highest BCUT2D eigenvalue weighted by Crippen LogP contribution is 2.32. The van der Waals surface area contributed by atoms with Crippen molar-refractivity contribution in [2.45, 2.75) is 45.4 Å². The SMILES string of the molecule is Cc1c(C(=O)N2CCN(C(=O)CCC3CCCC3)CC2)cc(-c2ccc(Cl)cc2)n1-c1ccccc1F. The van der Waals surface area contributed by atoms with E-state index in [1.54, 1.807) is 39.8 Å². The highest BCUT2D eigenvalue weighted by molar-refractivity contribution is 6.30. The van der Waals surface area contributed by atoms with Crippen LogP contribution in [0.1, 0.15) is 54.6 Å². The molecule has 1 aromatic heterocycles. The van der Waals surface area contributed by atoms with Gasteiger partial charge in [0.15, 0.2) is 0 Å². The number of para-hydroxylation sites is 1. The Hall–Kier alpha value is -3.12. The Kier molecular flexibility index (Phi) is 7.65. The van der Waals surface area contributed by atoms with E-state index in [2.05, 4.69) is 0 Å². The van der Waals surface area contributed by atoms with Gasteiger partial charge >= 0.3 is 0 Å². The first-order valence-electron chi connectivity index (χ1n) is 13.2. The van der Waals surface area contributed by atoms with Crippen LogP contribution < -0.4 is 0 Å². The van der Waals surface area contributed by atoms with E-state index in [1.807, 2.05) is 30.0 Å². The van der Waals surface area contributed by atoms with Gasteiger partial charge in [0.2, 0.25) is 5.91 Å². The van der Waals surface area contributed by atoms with E-state index in [0.29, 0.717) is 60.5 Å². The summed E-state index contributed by atoms with van der Waals surface area (Å²) in [4.78, 5) is 30.1. The van der Waals surface area contributed by atoms with Crippen LogP contribution in [0.4, 0.5) is 4.39 Å². The molecule has 0 N–H and O–H groups in total. The Balaban J connectivity index is 1.35. The Morgan fingerprint density at radius 2 is 1.59 bits per heavy atom. The van der Waals surface area contributed by atoms with Gasteiger partial charge in [-0.2, -0.15) is 0 Å². The topological polar surface area (TPSA) is 45.6 Å². The molecule has 1 saturated carbocycles. The number of benzene rings is 2. The number of piperazine rings is 1. The summed E-state index contributed by atoms with van der Waals surface area (Å²) < 4.78 is 16.7. The molecular formula is C30H33ClFN3O2. The first-order chi connectivity index (χ1) is 17.9. The van der Waals surface area contributed by atoms with Crippen LogP contribution in [0.2, 0.25) is 5.02 Å². The predicted octanol–water partition coefficient (Wildman–Crippen LogP) is 6.50. The van der Waals surface area contributed by atoms with Gasteiger partial charge in [0.05, 0.1) is 16.9 Å². The number of hydrogen-bond donors (Lipinski definition) is 0. The van der Waals surface area contributed by atoms with Crippen molar-refractivity contribution in [3.63, 3.8) is 0 Å². The van der Waals surface area contributed by atoms with Crippen LogP contribution in [-0.4, -0.2) is 52.4 Å². The maximum absolute atomic E-state index is 14.9. The van der Waals surface area contributed by atoms with Crippen molar-refractivity contribution in [2.75, 3.05) is 26.2 Å². The molecule has 2 amide bonds. The molecule has 2 aromatic carbocycles. The van der Waals surface area contributed by atoms with Crippen molar-refractivity contribution in [1.82, 2.24) is 14.4 Å². The molecule has 7 heteroatoms. The number of amides is 2. The van der Waals surface area contributed by atoms with Crippen LogP contribution in [0.15, 0.2) is 54.6 Å². The average molecular weight is 522 g/mol. The third kappa shape index (κ3) is 5.45. The molecular weight excluding hydrogens is 489 g/mol. The standard InChI is InChI=1S/C30H33ClFN3O2/c1-21-25(30(37)34-18-16-33(17-19-34)29(36)15-10-22-6-2-3-7-22)20-28(23-11-13-24(31)14-12-23)35(21)27-9-5-4-8-26(27)32/h4-5,8-9,11-14,20,22H,2-3,6-7,10,15-19H2,1H3. The van der Waals surface area contributed by atoms with E-state index in [9.17, 15) is 14.0 Å². The van der Waals surface area contributed by atoms with E-state index in [4.69, 9.17) is 11.6 Å². The lowest BCUT2D eigenvalue weighted by Crippen LogP contribution is -2.50. The fraction of sp³-hybridized carbons (Fsp3) is 0.400. The number of carbonyl (C=O) groups excluding carboxylic acids is 2. The Morgan fingerprint density at radius 1 is 0.946 bits per heavy atom. The number of rotatable bonds is 6. The molecule has 0 spiro atoms. The van der Waals surface area contributed by atoms with Crippen molar-refractivity contribution in [1.29, 1.82) is 0 Å². The summed E-state index contributed by atoms with van der Waals surface area (Å²) in [6.45, 7) is 3.93. The maximum Gasteiger partial charge on any atom is 0.255 e. The number of nitrogens with zero attached hydrogens (tertiary/aromatic N) is 3. The number of hydrogen-bond acceptors (Lipinski definition) is 2. The zero-order valence-corrected chi connectivity index (χ0v) is 22.0. The molecule has 2 aliphatic rings. The van der Waals surface area contributed by atoms with Gasteiger partial charge in [-0.05, 0) is 55.2 Å². The Labute approximate surface area is 222 Å². The molecule has 1 aliphatic carbocycles. The van der Waals surface area contributed by atoms with E-state index in [0.717, 1.165) is 17.7 Å². The summed E-state index contributed by atoms with van der Waals surface area (Å²) in [6.07, 6.45) is 6.66. The molecule has 3 aromatic rings. The van der Waals surface area contributed by atoms with Crippen LogP contribution in [-0.2, 0) is 4.79 Å². The molecule has 0 radical (unpaired) electrons. The van der Waals surface area contributed by atoms with E-state index >= 15 is 0 Å². The van der Waals surface area contributed by atoms with Crippen molar-refractivity contribution in [3.05, 3.63) is 76.7 Å². The number of aromatic nitrogens is 1. The second-order valence-electron chi connectivity index (χ2n) is 10.2. The van der Waals surface area contributed by atoms with Crippen LogP contribution in [0.3, 0.4) is 0 Å². The smallest absolute Gasteiger partial charge is 0.255 e. The lowest BCUT2D eigenvalue weighted by Gasteiger charge is -2.35. The summed E-state index contributed by atoms with van der Waals surface area (Å²) in [6, 6.07) is 15.7. The van der Waals surface area contributed by atoms with Gasteiger partial charge < -0.3 is 14.4 Å². The molecule has 1 saturated heterocycles. The number of halogens is 2. The largest absolute Gasteiger partial charge is 0.339 e. The zero-order chi connectivity index (χ0) is 25.9. The second kappa shape index (κ2) is 11.1. The minimum Gasteiger partial charge on any atom is -0.339 e. The van der Waals surface area contributed by atoms with Crippen molar-refractivity contribution >= 4 is 23.4 Å². The van der Waals surface area contributed by atoms with Gasteiger partial charge in [0, 0.05) is 43.3 Å². The predicted molar refractivity (Wildman–Crippen MR) is 145 cm³/mol. The molecule has 1 aliphatic heterocycles. The van der Waals surface area contributed by atoms with E-state index in [-0.39, 0.29) is 17.6 Å². The van der Waals surface area contributed by atoms with Crippen molar-refractivity contribution in [2.24, 2.45) is 5.92 Å². The summed E-state index contributed by atoms with van der Waals surface area (Å²) in [5, 5.41) is 0.608. The van der Waals surface area contributed by atoms with E-state index < -0.39 is 0 Å². The molecule has 2 heterocycles. The molecule has 5 nitrogen and oxygen atoms in total. The van der Waals surface area contributed by atoms with Crippen LogP contribution in [0, 0.1) is 18.7 Å². The summed E-state index contributed by atoms with van der Waals surface area (Å²) in [7, 11) is 0. The van der Waals surface area contributed by atoms with Crippen molar-refractivity contribution in [3.8, 4) is 16.9 Å². The third-order valence-corrected chi connectivity index (χ3v) is 8.12. The molecule has 0 bridgehead atoms. The lowest BCUT2D eigenvalue weighted by atomic mass is 10.0. The molecule has 2 fully saturated rings. The zero-order valence-electron chi connectivity index (χ0n) is 21.3. The first kappa shape index (κ1) is 25.5. The van der Waals surface area contributed by atoms with Gasteiger partial charge in [-0.25, -0.2) is 4.39 Å². The lowest BCUT2D eigenvalue weighted by molar-refractivity contribution is -0.133. The fourth-order valence-corrected chi connectivity index (χ4v) is 5.84. The monoisotopic (exact) mass is 521 g/mol. The molecule has 0 unspecified atom stereocenters. The molecule has 37 heavy (non-hydrogen) atoms. The molecule has 194 valence electrons. The normalized spacial score (nSPS) is 16.4. The number of carbonyl (C=O) groups is 2. The minimum absolute atomic E-state index is 0.0964. The fourth-order valence-electron chi connectivity index (χ4n) is 5.71. The Morgan fingerprint density at radius 3 is 2.27 bits per heavy atom. The van der Waals surface area contributed by atoms with Gasteiger partial charge in [0.25, 0.3) is 5.91 Å². The summed E-state index contributed by atoms with van der Waals surface area (Å²) >= 11 is 6.10. The Bertz CT molecular complexity index is 1270. The second-order valence-corrected chi connectivity index (χ2v) is 10.6. The van der Waals surface area contributed by atoms with E-state index in [1.165, 1.54) is 31.7 Å². The van der Waals surface area contributed by atoms with Crippen LogP contribution >= 0.6 is 11.6 Å². The van der Waals surface area contributed by atoms with Gasteiger partial charge in [0.1, 0.15) is 5.82 Å². The molecule has 5 rings (SSSR count). The van der Waals surface area contributed by atoms with Gasteiger partial charge in [-0.1, -0.05) is 61.5 Å². The van der Waals surface area contributed by atoms with Gasteiger partial charge in [-0.15, -0.1) is 0 Å². The molecule has 0 atom stereocenters. The maximum atomic E-state index is 14.9. The minimum atomic E-state index is -0.361. The highest BCUT2D eigenvalue weighted by Gasteiger charge is 2.29.